The van der Waals surface area contributed by atoms with Crippen LogP contribution < -0.4 is 4.90 Å². The lowest BCUT2D eigenvalue weighted by Gasteiger charge is -2.23. The summed E-state index contributed by atoms with van der Waals surface area (Å²) in [4.78, 5) is 4.81. The Kier molecular flexibility index (Phi) is 6.56. The topological polar surface area (TPSA) is 133 Å². The zero-order chi connectivity index (χ0) is 18.3. The Morgan fingerprint density at radius 3 is 2.76 bits per heavy atom. The summed E-state index contributed by atoms with van der Waals surface area (Å²) in [5, 5.41) is 15.5. The molecular formula is C14H20N6O4S. The number of azo groups is 1. The van der Waals surface area contributed by atoms with E-state index in [1.165, 1.54) is 6.33 Å². The lowest BCUT2D eigenvalue weighted by Crippen LogP contribution is -2.25. The van der Waals surface area contributed by atoms with Gasteiger partial charge >= 0.3 is 10.4 Å². The summed E-state index contributed by atoms with van der Waals surface area (Å²) in [6.45, 7) is 5.18. The van der Waals surface area contributed by atoms with Gasteiger partial charge in [0.15, 0.2) is 0 Å². The number of rotatable bonds is 9. The largest absolute Gasteiger partial charge is 0.397 e. The van der Waals surface area contributed by atoms with Crippen LogP contribution in [-0.4, -0.2) is 47.8 Å². The molecule has 2 rings (SSSR count). The van der Waals surface area contributed by atoms with E-state index in [9.17, 15) is 8.42 Å². The van der Waals surface area contributed by atoms with E-state index in [-0.39, 0.29) is 6.61 Å². The molecule has 25 heavy (non-hydrogen) atoms. The molecule has 1 aromatic carbocycles. The smallest absolute Gasteiger partial charge is 0.372 e. The van der Waals surface area contributed by atoms with Crippen molar-refractivity contribution in [3.8, 4) is 0 Å². The average molecular weight is 368 g/mol. The molecule has 0 amide bonds. The number of nitrogens with zero attached hydrogens (tertiary/aromatic N) is 5. The van der Waals surface area contributed by atoms with Gasteiger partial charge in [0.1, 0.15) is 6.33 Å². The Balaban J connectivity index is 1.99. The Bertz CT molecular complexity index is 807. The third-order valence-corrected chi connectivity index (χ3v) is 3.85. The SMILES string of the molecule is CCN(CCCOS(=O)(=O)O)c1ccc(N=Nc2nnc[nH]2)c(C)c1. The van der Waals surface area contributed by atoms with Crippen LogP contribution in [0.25, 0.3) is 0 Å². The third kappa shape index (κ3) is 6.21. The fourth-order valence-corrected chi connectivity index (χ4v) is 2.52. The van der Waals surface area contributed by atoms with Gasteiger partial charge in [-0.2, -0.15) is 8.42 Å². The molecule has 2 aromatic rings. The summed E-state index contributed by atoms with van der Waals surface area (Å²) < 4.78 is 33.9. The average Bonchev–Trinajstić information content (AvgIpc) is 3.06. The zero-order valence-electron chi connectivity index (χ0n) is 14.0. The van der Waals surface area contributed by atoms with E-state index >= 15 is 0 Å². The predicted octanol–water partition coefficient (Wildman–Crippen LogP) is 2.56. The lowest BCUT2D eigenvalue weighted by atomic mass is 10.1. The maximum atomic E-state index is 10.5. The number of anilines is 1. The molecule has 0 atom stereocenters. The highest BCUT2D eigenvalue weighted by molar-refractivity contribution is 7.80. The van der Waals surface area contributed by atoms with Crippen LogP contribution in [0.2, 0.25) is 0 Å². The van der Waals surface area contributed by atoms with Gasteiger partial charge < -0.3 is 9.88 Å². The van der Waals surface area contributed by atoms with Gasteiger partial charge in [-0.3, -0.25) is 4.55 Å². The standard InChI is InChI=1S/C14H20N6O4S/c1-3-20(7-4-8-24-25(21,22)23)12-5-6-13(11(2)9-12)17-19-14-15-10-16-18-14/h5-6,9-10H,3-4,7-8H2,1-2H3,(H,15,16,18)(H,21,22,23). The normalized spacial score (nSPS) is 12.0. The van der Waals surface area contributed by atoms with Crippen LogP contribution >= 0.6 is 0 Å². The first kappa shape index (κ1) is 19.0. The van der Waals surface area contributed by atoms with Gasteiger partial charge in [0, 0.05) is 18.8 Å². The number of hydrogen-bond acceptors (Lipinski definition) is 8. The number of aromatic amines is 1. The first-order valence-electron chi connectivity index (χ1n) is 7.64. The Morgan fingerprint density at radius 1 is 1.36 bits per heavy atom. The van der Waals surface area contributed by atoms with Crippen molar-refractivity contribution in [1.29, 1.82) is 0 Å². The summed E-state index contributed by atoms with van der Waals surface area (Å²) in [6.07, 6.45) is 1.88. The molecule has 136 valence electrons. The van der Waals surface area contributed by atoms with Crippen molar-refractivity contribution in [2.45, 2.75) is 20.3 Å². The zero-order valence-corrected chi connectivity index (χ0v) is 14.8. The van der Waals surface area contributed by atoms with E-state index in [1.54, 1.807) is 0 Å². The summed E-state index contributed by atoms with van der Waals surface area (Å²) in [6, 6.07) is 5.73. The highest BCUT2D eigenvalue weighted by atomic mass is 32.3. The highest BCUT2D eigenvalue weighted by Gasteiger charge is 2.09. The maximum absolute atomic E-state index is 10.5. The predicted molar refractivity (Wildman–Crippen MR) is 91.7 cm³/mol. The van der Waals surface area contributed by atoms with Crippen molar-refractivity contribution < 1.29 is 17.2 Å². The molecule has 0 aliphatic heterocycles. The van der Waals surface area contributed by atoms with Crippen LogP contribution in [-0.2, 0) is 14.6 Å². The quantitative estimate of drug-likeness (QED) is 0.395. The molecule has 10 nitrogen and oxygen atoms in total. The van der Waals surface area contributed by atoms with Crippen LogP contribution in [0.5, 0.6) is 0 Å². The molecule has 0 aliphatic rings. The van der Waals surface area contributed by atoms with E-state index in [2.05, 4.69) is 34.5 Å². The molecule has 1 heterocycles. The Morgan fingerprint density at radius 2 is 2.16 bits per heavy atom. The van der Waals surface area contributed by atoms with Gasteiger partial charge in [-0.1, -0.05) is 0 Å². The number of benzene rings is 1. The van der Waals surface area contributed by atoms with Crippen molar-refractivity contribution in [2.24, 2.45) is 10.2 Å². The van der Waals surface area contributed by atoms with E-state index < -0.39 is 10.4 Å². The minimum atomic E-state index is -4.38. The van der Waals surface area contributed by atoms with Crippen molar-refractivity contribution in [2.75, 3.05) is 24.6 Å². The first-order valence-corrected chi connectivity index (χ1v) is 9.01. The van der Waals surface area contributed by atoms with Gasteiger partial charge in [0.05, 0.1) is 12.3 Å². The first-order chi connectivity index (χ1) is 11.9. The molecule has 0 saturated heterocycles. The minimum Gasteiger partial charge on any atom is -0.372 e. The van der Waals surface area contributed by atoms with Crippen molar-refractivity contribution in [1.82, 2.24) is 15.2 Å². The number of hydrogen-bond donors (Lipinski definition) is 2. The number of aryl methyl sites for hydroxylation is 1. The van der Waals surface area contributed by atoms with Gasteiger partial charge in [0.2, 0.25) is 0 Å². The van der Waals surface area contributed by atoms with Gasteiger partial charge in [0.25, 0.3) is 5.95 Å². The fourth-order valence-electron chi connectivity index (χ4n) is 2.19. The highest BCUT2D eigenvalue weighted by Crippen LogP contribution is 2.26. The third-order valence-electron chi connectivity index (χ3n) is 3.39. The molecule has 0 bridgehead atoms. The van der Waals surface area contributed by atoms with Crippen LogP contribution in [0, 0.1) is 6.92 Å². The lowest BCUT2D eigenvalue weighted by molar-refractivity contribution is 0.266. The minimum absolute atomic E-state index is 0.0716. The van der Waals surface area contributed by atoms with E-state index in [4.69, 9.17) is 4.55 Å². The summed E-state index contributed by atoms with van der Waals surface area (Å²) in [7, 11) is -4.38. The van der Waals surface area contributed by atoms with Crippen LogP contribution in [0.3, 0.4) is 0 Å². The second-order valence-electron chi connectivity index (χ2n) is 5.17. The van der Waals surface area contributed by atoms with Gasteiger partial charge in [-0.05, 0) is 44.0 Å². The fraction of sp³-hybridized carbons (Fsp3) is 0.429. The monoisotopic (exact) mass is 368 g/mol. The maximum Gasteiger partial charge on any atom is 0.397 e. The van der Waals surface area contributed by atoms with Crippen molar-refractivity contribution in [3.63, 3.8) is 0 Å². The molecule has 0 saturated carbocycles. The molecule has 0 radical (unpaired) electrons. The van der Waals surface area contributed by atoms with E-state index in [0.717, 1.165) is 17.8 Å². The van der Waals surface area contributed by atoms with Crippen molar-refractivity contribution >= 4 is 27.7 Å². The Hall–Kier alpha value is -2.37. The van der Waals surface area contributed by atoms with E-state index in [0.29, 0.717) is 24.6 Å². The Labute approximate surface area is 145 Å². The molecule has 1 aromatic heterocycles. The molecule has 2 N–H and O–H groups in total. The number of H-pyrrole nitrogens is 1. The molecule has 11 heteroatoms. The second kappa shape index (κ2) is 8.65. The molecule has 0 aliphatic carbocycles. The van der Waals surface area contributed by atoms with Crippen LogP contribution in [0.4, 0.5) is 17.3 Å². The van der Waals surface area contributed by atoms with Gasteiger partial charge in [-0.25, -0.2) is 4.18 Å². The molecule has 0 unspecified atom stereocenters. The summed E-state index contributed by atoms with van der Waals surface area (Å²) in [5.74, 6) is 0.331. The number of aromatic nitrogens is 3. The summed E-state index contributed by atoms with van der Waals surface area (Å²) in [5.41, 5.74) is 2.63. The van der Waals surface area contributed by atoms with Crippen LogP contribution in [0.15, 0.2) is 34.8 Å². The second-order valence-corrected chi connectivity index (χ2v) is 6.26. The van der Waals surface area contributed by atoms with Crippen molar-refractivity contribution in [3.05, 3.63) is 30.1 Å². The molecule has 0 fully saturated rings. The van der Waals surface area contributed by atoms with Gasteiger partial charge in [-0.15, -0.1) is 20.4 Å². The van der Waals surface area contributed by atoms with E-state index in [1.807, 2.05) is 32.0 Å². The number of nitrogens with one attached hydrogen (secondary N) is 1. The summed E-state index contributed by atoms with van der Waals surface area (Å²) >= 11 is 0. The molecule has 0 spiro atoms. The van der Waals surface area contributed by atoms with Crippen LogP contribution in [0.1, 0.15) is 18.9 Å². The molecular weight excluding hydrogens is 348 g/mol.